The molecule has 9 heteroatoms. The van der Waals surface area contributed by atoms with Gasteiger partial charge < -0.3 is 15.1 Å². The quantitative estimate of drug-likeness (QED) is 0.578. The van der Waals surface area contributed by atoms with Crippen molar-refractivity contribution in [3.05, 3.63) is 36.6 Å². The first-order chi connectivity index (χ1) is 12.6. The number of nitrogens with one attached hydrogen (secondary N) is 2. The maximum Gasteiger partial charge on any atom is 0.249 e. The predicted octanol–water partition coefficient (Wildman–Crippen LogP) is 3.11. The Morgan fingerprint density at radius 2 is 1.81 bits per heavy atom. The smallest absolute Gasteiger partial charge is 0.249 e. The molecule has 0 amide bonds. The summed E-state index contributed by atoms with van der Waals surface area (Å²) in [4.78, 5) is 14.0. The largest absolute Gasteiger partial charge is 0.421 e. The highest BCUT2D eigenvalue weighted by Gasteiger charge is 2.07. The van der Waals surface area contributed by atoms with Gasteiger partial charge in [-0.3, -0.25) is 0 Å². The third-order valence-electron chi connectivity index (χ3n) is 3.64. The lowest BCUT2D eigenvalue weighted by Crippen LogP contribution is -2.20. The van der Waals surface area contributed by atoms with Gasteiger partial charge in [0.1, 0.15) is 5.82 Å². The highest BCUT2D eigenvalue weighted by Crippen LogP contribution is 2.18. The molecule has 0 fully saturated rings. The molecular formula is C17H21N7OS. The van der Waals surface area contributed by atoms with Gasteiger partial charge in [0.05, 0.1) is 5.56 Å². The lowest BCUT2D eigenvalue weighted by molar-refractivity contribution is 0.532. The summed E-state index contributed by atoms with van der Waals surface area (Å²) < 4.78 is 5.39. The van der Waals surface area contributed by atoms with E-state index < -0.39 is 0 Å². The topological polar surface area (TPSA) is 102 Å². The average Bonchev–Trinajstić information content (AvgIpc) is 3.12. The molecule has 136 valence electrons. The second-order valence-corrected chi connectivity index (χ2v) is 6.75. The van der Waals surface area contributed by atoms with Crippen LogP contribution < -0.4 is 10.6 Å². The van der Waals surface area contributed by atoms with E-state index in [1.54, 1.807) is 24.9 Å². The molecule has 1 atom stereocenters. The first kappa shape index (κ1) is 18.1. The Balaban J connectivity index is 1.45. The standard InChI is InChI=1S/C17H21N7OS/c1-11(7-20-17-21-9-14(26-3)10-22-17)6-18-15-5-4-13(8-19-15)16-24-23-12(2)25-16/h4-5,8-11H,6-7H2,1-3H3,(H,18,19)(H,20,21,22). The van der Waals surface area contributed by atoms with E-state index in [0.717, 1.165) is 29.4 Å². The SMILES string of the molecule is CSc1cnc(NCC(C)CNc2ccc(-c3nnc(C)o3)cn2)nc1. The van der Waals surface area contributed by atoms with Crippen LogP contribution in [0.25, 0.3) is 11.5 Å². The highest BCUT2D eigenvalue weighted by molar-refractivity contribution is 7.98. The normalized spacial score (nSPS) is 12.0. The van der Waals surface area contributed by atoms with Crippen molar-refractivity contribution in [3.8, 4) is 11.5 Å². The molecule has 2 N–H and O–H groups in total. The van der Waals surface area contributed by atoms with Crippen molar-refractivity contribution < 1.29 is 4.42 Å². The zero-order valence-electron chi connectivity index (χ0n) is 14.9. The fraction of sp³-hybridized carbons (Fsp3) is 0.353. The van der Waals surface area contributed by atoms with Crippen molar-refractivity contribution >= 4 is 23.5 Å². The number of aromatic nitrogens is 5. The molecule has 0 saturated carbocycles. The molecule has 0 spiro atoms. The van der Waals surface area contributed by atoms with Gasteiger partial charge >= 0.3 is 0 Å². The minimum absolute atomic E-state index is 0.374. The number of pyridine rings is 1. The second-order valence-electron chi connectivity index (χ2n) is 5.87. The average molecular weight is 371 g/mol. The van der Waals surface area contributed by atoms with Crippen LogP contribution in [-0.2, 0) is 0 Å². The predicted molar refractivity (Wildman–Crippen MR) is 102 cm³/mol. The van der Waals surface area contributed by atoms with Crippen LogP contribution in [0.4, 0.5) is 11.8 Å². The number of aryl methyl sites for hydroxylation is 1. The Bertz CT molecular complexity index is 820. The Morgan fingerprint density at radius 3 is 2.42 bits per heavy atom. The van der Waals surface area contributed by atoms with Gasteiger partial charge in [-0.2, -0.15) is 0 Å². The highest BCUT2D eigenvalue weighted by atomic mass is 32.2. The summed E-state index contributed by atoms with van der Waals surface area (Å²) in [6, 6.07) is 3.81. The van der Waals surface area contributed by atoms with E-state index in [-0.39, 0.29) is 0 Å². The maximum absolute atomic E-state index is 5.39. The Morgan fingerprint density at radius 1 is 1.04 bits per heavy atom. The monoisotopic (exact) mass is 371 g/mol. The van der Waals surface area contributed by atoms with E-state index >= 15 is 0 Å². The first-order valence-corrected chi connectivity index (χ1v) is 9.47. The molecule has 8 nitrogen and oxygen atoms in total. The fourth-order valence-corrected chi connectivity index (χ4v) is 2.48. The molecule has 0 aliphatic heterocycles. The number of rotatable bonds is 8. The van der Waals surface area contributed by atoms with E-state index in [4.69, 9.17) is 4.42 Å². The molecule has 3 rings (SSSR count). The molecule has 1 unspecified atom stereocenters. The summed E-state index contributed by atoms with van der Waals surface area (Å²) >= 11 is 1.63. The van der Waals surface area contributed by atoms with E-state index in [0.29, 0.717) is 23.6 Å². The van der Waals surface area contributed by atoms with E-state index in [9.17, 15) is 0 Å². The van der Waals surface area contributed by atoms with Crippen LogP contribution in [0.15, 0.2) is 40.0 Å². The van der Waals surface area contributed by atoms with E-state index in [1.807, 2.05) is 30.8 Å². The third kappa shape index (κ3) is 4.92. The van der Waals surface area contributed by atoms with Crippen LogP contribution in [-0.4, -0.2) is 44.5 Å². The summed E-state index contributed by atoms with van der Waals surface area (Å²) in [5.74, 6) is 2.84. The van der Waals surface area contributed by atoms with Crippen molar-refractivity contribution in [3.63, 3.8) is 0 Å². The molecular weight excluding hydrogens is 350 g/mol. The van der Waals surface area contributed by atoms with Crippen LogP contribution in [0.3, 0.4) is 0 Å². The molecule has 0 bridgehead atoms. The summed E-state index contributed by atoms with van der Waals surface area (Å²) in [5.41, 5.74) is 0.803. The zero-order chi connectivity index (χ0) is 18.4. The van der Waals surface area contributed by atoms with Crippen molar-refractivity contribution in [2.45, 2.75) is 18.7 Å². The van der Waals surface area contributed by atoms with Gasteiger partial charge in [-0.15, -0.1) is 22.0 Å². The van der Waals surface area contributed by atoms with Crippen molar-refractivity contribution in [1.29, 1.82) is 0 Å². The van der Waals surface area contributed by atoms with Gasteiger partial charge in [0.15, 0.2) is 0 Å². The van der Waals surface area contributed by atoms with Gasteiger partial charge in [0, 0.05) is 43.5 Å². The molecule has 0 aliphatic rings. The van der Waals surface area contributed by atoms with Gasteiger partial charge in [0.2, 0.25) is 17.7 Å². The number of thioether (sulfide) groups is 1. The summed E-state index contributed by atoms with van der Waals surface area (Å²) in [6.07, 6.45) is 7.36. The molecule has 3 heterocycles. The number of hydrogen-bond acceptors (Lipinski definition) is 9. The van der Waals surface area contributed by atoms with E-state index in [2.05, 4.69) is 42.7 Å². The van der Waals surface area contributed by atoms with Crippen molar-refractivity contribution in [1.82, 2.24) is 25.1 Å². The minimum atomic E-state index is 0.374. The number of nitrogens with zero attached hydrogens (tertiary/aromatic N) is 5. The van der Waals surface area contributed by atoms with Gasteiger partial charge in [0.25, 0.3) is 0 Å². The maximum atomic E-state index is 5.39. The lowest BCUT2D eigenvalue weighted by atomic mass is 10.2. The van der Waals surface area contributed by atoms with Crippen LogP contribution in [0.1, 0.15) is 12.8 Å². The summed E-state index contributed by atoms with van der Waals surface area (Å²) in [7, 11) is 0. The summed E-state index contributed by atoms with van der Waals surface area (Å²) in [5, 5.41) is 14.4. The molecule has 0 radical (unpaired) electrons. The molecule has 0 aliphatic carbocycles. The van der Waals surface area contributed by atoms with Crippen molar-refractivity contribution in [2.24, 2.45) is 5.92 Å². The fourth-order valence-electron chi connectivity index (χ4n) is 2.17. The molecule has 3 aromatic rings. The van der Waals surface area contributed by atoms with Gasteiger partial charge in [-0.1, -0.05) is 6.92 Å². The first-order valence-electron chi connectivity index (χ1n) is 8.24. The molecule has 26 heavy (non-hydrogen) atoms. The van der Waals surface area contributed by atoms with Crippen molar-refractivity contribution in [2.75, 3.05) is 30.0 Å². The van der Waals surface area contributed by atoms with Crippen LogP contribution in [0, 0.1) is 12.8 Å². The Kier molecular flexibility index (Phi) is 6.00. The van der Waals surface area contributed by atoms with E-state index in [1.165, 1.54) is 0 Å². The lowest BCUT2D eigenvalue weighted by Gasteiger charge is -2.14. The van der Waals surface area contributed by atoms with Crippen LogP contribution in [0.2, 0.25) is 0 Å². The van der Waals surface area contributed by atoms with Gasteiger partial charge in [-0.25, -0.2) is 15.0 Å². The third-order valence-corrected chi connectivity index (χ3v) is 4.32. The minimum Gasteiger partial charge on any atom is -0.421 e. The Hall–Kier alpha value is -2.68. The van der Waals surface area contributed by atoms with Crippen LogP contribution >= 0.6 is 11.8 Å². The number of anilines is 2. The Labute approximate surface area is 156 Å². The molecule has 0 saturated heterocycles. The van der Waals surface area contributed by atoms with Gasteiger partial charge in [-0.05, 0) is 24.3 Å². The molecule has 0 aromatic carbocycles. The zero-order valence-corrected chi connectivity index (χ0v) is 15.7. The molecule has 3 aromatic heterocycles. The second kappa shape index (κ2) is 8.61. The number of hydrogen-bond donors (Lipinski definition) is 2. The van der Waals surface area contributed by atoms with Crippen LogP contribution in [0.5, 0.6) is 0 Å². The summed E-state index contributed by atoms with van der Waals surface area (Å²) in [6.45, 7) is 5.45.